The van der Waals surface area contributed by atoms with Gasteiger partial charge in [-0.05, 0) is 20.9 Å². The summed E-state index contributed by atoms with van der Waals surface area (Å²) in [5.41, 5.74) is 0.589. The van der Waals surface area contributed by atoms with Crippen LogP contribution in [0.4, 0.5) is 0 Å². The van der Waals surface area contributed by atoms with Crippen molar-refractivity contribution in [1.82, 2.24) is 0 Å². The molecule has 0 atom stereocenters. The Labute approximate surface area is 86.1 Å². The summed E-state index contributed by atoms with van der Waals surface area (Å²) >= 11 is 0. The summed E-state index contributed by atoms with van der Waals surface area (Å²) < 4.78 is 0. The predicted molar refractivity (Wildman–Crippen MR) is 55.4 cm³/mol. The van der Waals surface area contributed by atoms with Crippen LogP contribution in [0, 0.1) is 20.9 Å². The van der Waals surface area contributed by atoms with Crippen molar-refractivity contribution < 1.29 is 10.2 Å². The van der Waals surface area contributed by atoms with E-state index in [0.717, 1.165) is 15.7 Å². The molecule has 0 bridgehead atoms. The molecule has 0 saturated carbocycles. The molecule has 2 aromatic carbocycles. The Kier molecular flexibility index (Phi) is 1.69. The fourth-order valence-corrected chi connectivity index (χ4v) is 2.18. The van der Waals surface area contributed by atoms with E-state index in [1.807, 2.05) is 36.4 Å². The zero-order chi connectivity index (χ0) is 10.4. The van der Waals surface area contributed by atoms with Crippen molar-refractivity contribution in [2.75, 3.05) is 0 Å². The summed E-state index contributed by atoms with van der Waals surface area (Å²) in [5.74, 6) is 0. The van der Waals surface area contributed by atoms with Crippen LogP contribution >= 0.6 is 0 Å². The first-order chi connectivity index (χ1) is 7.29. The first kappa shape index (κ1) is 8.65. The van der Waals surface area contributed by atoms with Gasteiger partial charge in [-0.3, -0.25) is 0 Å². The summed E-state index contributed by atoms with van der Waals surface area (Å²) in [7, 11) is 0. The predicted octanol–water partition coefficient (Wildman–Crippen LogP) is 1.56. The SMILES string of the molecule is OC(O)c1cccc2c1=c1ccccc1=2. The van der Waals surface area contributed by atoms with Crippen molar-refractivity contribution in [3.05, 3.63) is 68.9 Å². The zero-order valence-corrected chi connectivity index (χ0v) is 8.01. The van der Waals surface area contributed by atoms with Gasteiger partial charge in [0.1, 0.15) is 0 Å². The molecule has 1 aliphatic rings. The van der Waals surface area contributed by atoms with Crippen molar-refractivity contribution >= 4 is 0 Å². The van der Waals surface area contributed by atoms with Crippen LogP contribution in [0.5, 0.6) is 0 Å². The van der Waals surface area contributed by atoms with Crippen molar-refractivity contribution in [1.29, 1.82) is 0 Å². The van der Waals surface area contributed by atoms with Crippen LogP contribution in [-0.2, 0) is 0 Å². The maximum Gasteiger partial charge on any atom is 0.179 e. The van der Waals surface area contributed by atoms with Crippen LogP contribution < -0.4 is 0 Å². The minimum atomic E-state index is -1.40. The van der Waals surface area contributed by atoms with Gasteiger partial charge in [0.15, 0.2) is 6.29 Å². The molecule has 0 amide bonds. The number of hydrogen-bond donors (Lipinski definition) is 2. The quantitative estimate of drug-likeness (QED) is 0.582. The Hall–Kier alpha value is -1.64. The molecule has 0 aliphatic heterocycles. The number of hydrogen-bond acceptors (Lipinski definition) is 2. The Balaban J connectivity index is 2.55. The number of rotatable bonds is 1. The molecule has 0 radical (unpaired) electrons. The summed E-state index contributed by atoms with van der Waals surface area (Å²) in [6.07, 6.45) is -1.40. The van der Waals surface area contributed by atoms with E-state index in [4.69, 9.17) is 0 Å². The first-order valence-electron chi connectivity index (χ1n) is 4.88. The fourth-order valence-electron chi connectivity index (χ4n) is 2.18. The molecule has 0 fully saturated rings. The van der Waals surface area contributed by atoms with Crippen molar-refractivity contribution in [3.8, 4) is 0 Å². The van der Waals surface area contributed by atoms with Gasteiger partial charge in [-0.2, -0.15) is 0 Å². The molecule has 2 nitrogen and oxygen atoms in total. The smallest absolute Gasteiger partial charge is 0.179 e. The lowest BCUT2D eigenvalue weighted by atomic mass is 9.97. The summed E-state index contributed by atoms with van der Waals surface area (Å²) in [4.78, 5) is 0. The third-order valence-corrected chi connectivity index (χ3v) is 2.86. The van der Waals surface area contributed by atoms with Crippen LogP contribution in [0.1, 0.15) is 11.9 Å². The second-order valence-corrected chi connectivity index (χ2v) is 3.69. The molecule has 0 saturated heterocycles. The van der Waals surface area contributed by atoms with E-state index < -0.39 is 6.29 Å². The molecule has 0 heterocycles. The molecule has 0 spiro atoms. The van der Waals surface area contributed by atoms with Gasteiger partial charge in [0.25, 0.3) is 0 Å². The fraction of sp³-hybridized carbons (Fsp3) is 0.0769. The highest BCUT2D eigenvalue weighted by molar-refractivity contribution is 5.34. The van der Waals surface area contributed by atoms with Gasteiger partial charge in [-0.15, -0.1) is 0 Å². The van der Waals surface area contributed by atoms with E-state index in [9.17, 15) is 10.2 Å². The topological polar surface area (TPSA) is 40.5 Å². The summed E-state index contributed by atoms with van der Waals surface area (Å²) in [5, 5.41) is 22.9. The van der Waals surface area contributed by atoms with Crippen LogP contribution in [0.15, 0.2) is 42.5 Å². The lowest BCUT2D eigenvalue weighted by molar-refractivity contribution is -0.0431. The highest BCUT2D eigenvalue weighted by Crippen LogP contribution is 2.20. The maximum absolute atomic E-state index is 9.24. The number of fused-ring (bicyclic) bond motifs is 2. The van der Waals surface area contributed by atoms with E-state index >= 15 is 0 Å². The monoisotopic (exact) mass is 198 g/mol. The van der Waals surface area contributed by atoms with Crippen molar-refractivity contribution in [3.63, 3.8) is 0 Å². The molecule has 2 aromatic rings. The standard InChI is InChI=1S/C13H10O2/c14-13(15)11-7-3-6-10-8-4-1-2-5-9(8)12(10)11/h1-7,13-15H. The number of benzene rings is 2. The maximum atomic E-state index is 9.24. The van der Waals surface area contributed by atoms with Gasteiger partial charge in [0.2, 0.25) is 0 Å². The van der Waals surface area contributed by atoms with E-state index in [2.05, 4.69) is 0 Å². The Morgan fingerprint density at radius 2 is 1.40 bits per heavy atom. The van der Waals surface area contributed by atoms with Crippen LogP contribution in [0.3, 0.4) is 0 Å². The lowest BCUT2D eigenvalue weighted by Gasteiger charge is -2.11. The number of aliphatic hydroxyl groups excluding tert-OH is 1. The van der Waals surface area contributed by atoms with E-state index in [0.29, 0.717) is 5.56 Å². The van der Waals surface area contributed by atoms with Crippen molar-refractivity contribution in [2.45, 2.75) is 6.29 Å². The van der Waals surface area contributed by atoms with Crippen LogP contribution in [0.25, 0.3) is 0 Å². The Morgan fingerprint density at radius 1 is 0.733 bits per heavy atom. The molecule has 1 aliphatic carbocycles. The largest absolute Gasteiger partial charge is 0.364 e. The molecule has 3 rings (SSSR count). The van der Waals surface area contributed by atoms with Gasteiger partial charge in [-0.1, -0.05) is 42.5 Å². The lowest BCUT2D eigenvalue weighted by Crippen LogP contribution is -2.01. The Bertz CT molecular complexity index is 702. The van der Waals surface area contributed by atoms with Crippen molar-refractivity contribution in [2.24, 2.45) is 0 Å². The third kappa shape index (κ3) is 1.06. The molecule has 2 heteroatoms. The minimum absolute atomic E-state index is 0.589. The van der Waals surface area contributed by atoms with Crippen LogP contribution in [-0.4, -0.2) is 10.2 Å². The van der Waals surface area contributed by atoms with E-state index in [1.165, 1.54) is 5.22 Å². The van der Waals surface area contributed by atoms with Gasteiger partial charge in [0.05, 0.1) is 0 Å². The van der Waals surface area contributed by atoms with Gasteiger partial charge < -0.3 is 10.2 Å². The van der Waals surface area contributed by atoms with Gasteiger partial charge in [0, 0.05) is 5.56 Å². The molecule has 0 unspecified atom stereocenters. The third-order valence-electron chi connectivity index (χ3n) is 2.86. The molecule has 74 valence electrons. The first-order valence-corrected chi connectivity index (χ1v) is 4.88. The zero-order valence-electron chi connectivity index (χ0n) is 8.01. The molecule has 0 aromatic heterocycles. The summed E-state index contributed by atoms with van der Waals surface area (Å²) in [6.45, 7) is 0. The number of aliphatic hydroxyl groups is 2. The average Bonchev–Trinajstić information content (AvgIpc) is 2.24. The average molecular weight is 198 g/mol. The second-order valence-electron chi connectivity index (χ2n) is 3.69. The van der Waals surface area contributed by atoms with Gasteiger partial charge in [-0.25, -0.2) is 0 Å². The molecular formula is C13H10O2. The molecule has 15 heavy (non-hydrogen) atoms. The van der Waals surface area contributed by atoms with E-state index in [-0.39, 0.29) is 0 Å². The molecular weight excluding hydrogens is 188 g/mol. The minimum Gasteiger partial charge on any atom is -0.364 e. The van der Waals surface area contributed by atoms with E-state index in [1.54, 1.807) is 6.07 Å². The van der Waals surface area contributed by atoms with Crippen LogP contribution in [0.2, 0.25) is 0 Å². The van der Waals surface area contributed by atoms with Gasteiger partial charge >= 0.3 is 0 Å². The Morgan fingerprint density at radius 3 is 2.13 bits per heavy atom. The molecule has 2 N–H and O–H groups in total. The highest BCUT2D eigenvalue weighted by Gasteiger charge is 2.10. The highest BCUT2D eigenvalue weighted by atomic mass is 16.5. The second kappa shape index (κ2) is 2.92. The normalized spacial score (nSPS) is 11.9. The summed E-state index contributed by atoms with van der Waals surface area (Å²) in [6, 6.07) is 13.6.